The molecule has 0 aromatic carbocycles. The van der Waals surface area contributed by atoms with Gasteiger partial charge in [-0.3, -0.25) is 5.10 Å². The van der Waals surface area contributed by atoms with Crippen molar-refractivity contribution in [2.24, 2.45) is 0 Å². The standard InChI is InChI=1S/C11H16N6OS/c1-2-3-12-8-5-19-4-7(8)11-15-10(17-18-11)9-13-6-14-16-9/h6-8,12H,2-5H2,1H3,(H,13,14,16). The molecule has 19 heavy (non-hydrogen) atoms. The van der Waals surface area contributed by atoms with E-state index < -0.39 is 0 Å². The molecule has 1 aliphatic rings. The lowest BCUT2D eigenvalue weighted by Crippen LogP contribution is -2.34. The maximum Gasteiger partial charge on any atom is 0.239 e. The molecule has 1 aliphatic heterocycles. The Hall–Kier alpha value is -1.41. The number of rotatable bonds is 5. The van der Waals surface area contributed by atoms with Crippen LogP contribution in [0.4, 0.5) is 0 Å². The Labute approximate surface area is 115 Å². The third-order valence-electron chi connectivity index (χ3n) is 3.12. The van der Waals surface area contributed by atoms with E-state index in [4.69, 9.17) is 4.52 Å². The molecule has 102 valence electrons. The summed E-state index contributed by atoms with van der Waals surface area (Å²) in [6.07, 6.45) is 2.56. The molecule has 8 heteroatoms. The molecule has 3 heterocycles. The Morgan fingerprint density at radius 3 is 3.26 bits per heavy atom. The molecular weight excluding hydrogens is 264 g/mol. The van der Waals surface area contributed by atoms with Crippen LogP contribution in [0.2, 0.25) is 0 Å². The van der Waals surface area contributed by atoms with Gasteiger partial charge in [-0.15, -0.1) is 0 Å². The first-order chi connectivity index (χ1) is 9.38. The molecule has 3 rings (SSSR count). The van der Waals surface area contributed by atoms with Crippen molar-refractivity contribution in [3.63, 3.8) is 0 Å². The number of hydrogen-bond donors (Lipinski definition) is 2. The van der Waals surface area contributed by atoms with Gasteiger partial charge in [0.05, 0.1) is 5.92 Å². The zero-order valence-electron chi connectivity index (χ0n) is 10.7. The van der Waals surface area contributed by atoms with Gasteiger partial charge >= 0.3 is 0 Å². The monoisotopic (exact) mass is 280 g/mol. The molecule has 0 amide bonds. The van der Waals surface area contributed by atoms with Crippen LogP contribution in [0.5, 0.6) is 0 Å². The van der Waals surface area contributed by atoms with Crippen molar-refractivity contribution in [1.29, 1.82) is 0 Å². The Morgan fingerprint density at radius 2 is 2.47 bits per heavy atom. The van der Waals surface area contributed by atoms with Crippen molar-refractivity contribution in [3.8, 4) is 11.6 Å². The van der Waals surface area contributed by atoms with Gasteiger partial charge in [-0.2, -0.15) is 21.8 Å². The third kappa shape index (κ3) is 2.64. The van der Waals surface area contributed by atoms with Gasteiger partial charge in [0.1, 0.15) is 6.33 Å². The highest BCUT2D eigenvalue weighted by Crippen LogP contribution is 2.32. The van der Waals surface area contributed by atoms with Gasteiger partial charge in [0.25, 0.3) is 0 Å². The first-order valence-electron chi connectivity index (χ1n) is 6.39. The fraction of sp³-hybridized carbons (Fsp3) is 0.636. The first-order valence-corrected chi connectivity index (χ1v) is 7.54. The highest BCUT2D eigenvalue weighted by atomic mass is 32.2. The minimum atomic E-state index is 0.278. The summed E-state index contributed by atoms with van der Waals surface area (Å²) in [5.74, 6) is 4.08. The summed E-state index contributed by atoms with van der Waals surface area (Å²) >= 11 is 1.92. The van der Waals surface area contributed by atoms with Crippen LogP contribution in [0, 0.1) is 0 Å². The van der Waals surface area contributed by atoms with E-state index in [9.17, 15) is 0 Å². The number of aromatic amines is 1. The summed E-state index contributed by atoms with van der Waals surface area (Å²) in [5.41, 5.74) is 0. The molecule has 7 nitrogen and oxygen atoms in total. The quantitative estimate of drug-likeness (QED) is 0.845. The van der Waals surface area contributed by atoms with Crippen molar-refractivity contribution in [2.45, 2.75) is 25.3 Å². The fourth-order valence-electron chi connectivity index (χ4n) is 2.12. The number of H-pyrrole nitrogens is 1. The Balaban J connectivity index is 1.75. The normalized spacial score (nSPS) is 23.0. The van der Waals surface area contributed by atoms with E-state index >= 15 is 0 Å². The van der Waals surface area contributed by atoms with E-state index in [0.717, 1.165) is 24.5 Å². The molecule has 2 aromatic heterocycles. The maximum atomic E-state index is 5.38. The number of nitrogens with one attached hydrogen (secondary N) is 2. The van der Waals surface area contributed by atoms with Gasteiger partial charge < -0.3 is 9.84 Å². The van der Waals surface area contributed by atoms with Crippen LogP contribution >= 0.6 is 11.8 Å². The van der Waals surface area contributed by atoms with Crippen molar-refractivity contribution in [3.05, 3.63) is 12.2 Å². The fourth-order valence-corrected chi connectivity index (χ4v) is 3.49. The molecule has 2 N–H and O–H groups in total. The van der Waals surface area contributed by atoms with E-state index in [1.165, 1.54) is 6.33 Å². The zero-order chi connectivity index (χ0) is 13.1. The van der Waals surface area contributed by atoms with Gasteiger partial charge in [0.15, 0.2) is 5.82 Å². The van der Waals surface area contributed by atoms with Crippen molar-refractivity contribution >= 4 is 11.8 Å². The Bertz CT molecular complexity index is 513. The summed E-state index contributed by atoms with van der Waals surface area (Å²) < 4.78 is 5.38. The summed E-state index contributed by atoms with van der Waals surface area (Å²) in [6.45, 7) is 3.18. The second-order valence-corrected chi connectivity index (χ2v) is 5.57. The van der Waals surface area contributed by atoms with Crippen LogP contribution in [0.1, 0.15) is 25.2 Å². The van der Waals surface area contributed by atoms with E-state index in [1.54, 1.807) is 0 Å². The summed E-state index contributed by atoms with van der Waals surface area (Å²) in [7, 11) is 0. The van der Waals surface area contributed by atoms with Gasteiger partial charge in [-0.05, 0) is 13.0 Å². The lowest BCUT2D eigenvalue weighted by atomic mass is 10.0. The average Bonchev–Trinajstić information content (AvgIpc) is 3.14. The molecule has 2 aromatic rings. The average molecular weight is 280 g/mol. The SMILES string of the molecule is CCCNC1CSCC1c1nc(-c2ncn[nH]2)no1. The smallest absolute Gasteiger partial charge is 0.239 e. The van der Waals surface area contributed by atoms with Gasteiger partial charge in [-0.25, -0.2) is 4.98 Å². The highest BCUT2D eigenvalue weighted by molar-refractivity contribution is 7.99. The zero-order valence-corrected chi connectivity index (χ0v) is 11.5. The van der Waals surface area contributed by atoms with Crippen molar-refractivity contribution < 1.29 is 4.52 Å². The molecule has 0 spiro atoms. The van der Waals surface area contributed by atoms with Crippen molar-refractivity contribution in [1.82, 2.24) is 30.6 Å². The third-order valence-corrected chi connectivity index (χ3v) is 4.31. The second kappa shape index (κ2) is 5.70. The van der Waals surface area contributed by atoms with E-state index in [-0.39, 0.29) is 5.92 Å². The predicted molar refractivity (Wildman–Crippen MR) is 71.8 cm³/mol. The van der Waals surface area contributed by atoms with Gasteiger partial charge in [0, 0.05) is 17.5 Å². The van der Waals surface area contributed by atoms with E-state index in [0.29, 0.717) is 23.6 Å². The number of thioether (sulfide) groups is 1. The molecule has 0 saturated carbocycles. The van der Waals surface area contributed by atoms with Crippen LogP contribution in [0.3, 0.4) is 0 Å². The largest absolute Gasteiger partial charge is 0.338 e. The molecule has 1 saturated heterocycles. The molecule has 0 bridgehead atoms. The minimum Gasteiger partial charge on any atom is -0.338 e. The molecular formula is C11H16N6OS. The van der Waals surface area contributed by atoms with Gasteiger partial charge in [0.2, 0.25) is 11.7 Å². The molecule has 1 fully saturated rings. The lowest BCUT2D eigenvalue weighted by molar-refractivity contribution is 0.339. The first kappa shape index (κ1) is 12.6. The van der Waals surface area contributed by atoms with Crippen LogP contribution in [-0.4, -0.2) is 49.4 Å². The van der Waals surface area contributed by atoms with Crippen LogP contribution < -0.4 is 5.32 Å². The number of nitrogens with zero attached hydrogens (tertiary/aromatic N) is 4. The summed E-state index contributed by atoms with van der Waals surface area (Å²) in [5, 5.41) is 14.0. The van der Waals surface area contributed by atoms with Crippen LogP contribution in [-0.2, 0) is 0 Å². The minimum absolute atomic E-state index is 0.278. The van der Waals surface area contributed by atoms with E-state index in [2.05, 4.69) is 37.6 Å². The molecule has 0 aliphatic carbocycles. The van der Waals surface area contributed by atoms with Gasteiger partial charge in [-0.1, -0.05) is 12.1 Å². The highest BCUT2D eigenvalue weighted by Gasteiger charge is 2.33. The summed E-state index contributed by atoms with van der Waals surface area (Å²) in [6, 6.07) is 0.410. The Kier molecular flexibility index (Phi) is 3.79. The van der Waals surface area contributed by atoms with E-state index in [1.807, 2.05) is 11.8 Å². The summed E-state index contributed by atoms with van der Waals surface area (Å²) in [4.78, 5) is 8.45. The molecule has 2 atom stereocenters. The van der Waals surface area contributed by atoms with Crippen LogP contribution in [0.15, 0.2) is 10.9 Å². The number of hydrogen-bond acceptors (Lipinski definition) is 7. The van der Waals surface area contributed by atoms with Crippen molar-refractivity contribution in [2.75, 3.05) is 18.1 Å². The lowest BCUT2D eigenvalue weighted by Gasteiger charge is -2.16. The molecule has 0 radical (unpaired) electrons. The Morgan fingerprint density at radius 1 is 1.53 bits per heavy atom. The predicted octanol–water partition coefficient (Wildman–Crippen LogP) is 1.05. The number of aromatic nitrogens is 5. The topological polar surface area (TPSA) is 92.5 Å². The maximum absolute atomic E-state index is 5.38. The second-order valence-electron chi connectivity index (χ2n) is 4.49. The molecule has 2 unspecified atom stereocenters. The van der Waals surface area contributed by atoms with Crippen LogP contribution in [0.25, 0.3) is 11.6 Å².